The van der Waals surface area contributed by atoms with Gasteiger partial charge < -0.3 is 4.90 Å². The third kappa shape index (κ3) is 5.83. The van der Waals surface area contributed by atoms with E-state index in [9.17, 15) is 0 Å². The lowest BCUT2D eigenvalue weighted by Crippen LogP contribution is -2.10. The molecule has 47 heavy (non-hydrogen) atoms. The van der Waals surface area contributed by atoms with Gasteiger partial charge in [0.1, 0.15) is 0 Å². The van der Waals surface area contributed by atoms with Crippen LogP contribution in [0, 0.1) is 0 Å². The summed E-state index contributed by atoms with van der Waals surface area (Å²) < 4.78 is 0. The molecule has 0 radical (unpaired) electrons. The van der Waals surface area contributed by atoms with Crippen molar-refractivity contribution in [3.05, 3.63) is 200 Å². The summed E-state index contributed by atoms with van der Waals surface area (Å²) in [6, 6.07) is 71.8. The van der Waals surface area contributed by atoms with Crippen LogP contribution in [0.15, 0.2) is 200 Å². The van der Waals surface area contributed by atoms with Crippen LogP contribution in [0.5, 0.6) is 0 Å². The molecule has 0 N–H and O–H groups in total. The minimum Gasteiger partial charge on any atom is -0.310 e. The van der Waals surface area contributed by atoms with Gasteiger partial charge in [0.25, 0.3) is 0 Å². The lowest BCUT2D eigenvalue weighted by atomic mass is 9.97. The third-order valence-electron chi connectivity index (χ3n) is 8.85. The lowest BCUT2D eigenvalue weighted by molar-refractivity contribution is 1.28. The summed E-state index contributed by atoms with van der Waals surface area (Å²) in [7, 11) is 0. The van der Waals surface area contributed by atoms with Crippen molar-refractivity contribution in [2.45, 2.75) is 0 Å². The standard InChI is InChI=1S/C46H33N/c1-3-13-34(14-4-1)36-27-29-37(30-28-36)40-20-10-23-43(32-40)47(42-22-9-19-39(31-42)35-15-5-2-6-16-35)44-24-11-21-41(33-44)46-26-12-18-38-17-7-8-25-45(38)46/h1-33H. The molecule has 0 aliphatic carbocycles. The number of hydrogen-bond donors (Lipinski definition) is 0. The first-order valence-electron chi connectivity index (χ1n) is 16.1. The van der Waals surface area contributed by atoms with Crippen LogP contribution in [0.4, 0.5) is 17.1 Å². The Morgan fingerprint density at radius 1 is 0.255 bits per heavy atom. The predicted molar refractivity (Wildman–Crippen MR) is 200 cm³/mol. The first-order chi connectivity index (χ1) is 23.3. The van der Waals surface area contributed by atoms with E-state index in [4.69, 9.17) is 0 Å². The Morgan fingerprint density at radius 3 is 1.23 bits per heavy atom. The molecule has 1 nitrogen and oxygen atoms in total. The minimum absolute atomic E-state index is 1.11. The van der Waals surface area contributed by atoms with Crippen LogP contribution in [0.1, 0.15) is 0 Å². The molecule has 0 aliphatic heterocycles. The quantitative estimate of drug-likeness (QED) is 0.176. The van der Waals surface area contributed by atoms with Crippen molar-refractivity contribution in [3.63, 3.8) is 0 Å². The zero-order valence-corrected chi connectivity index (χ0v) is 26.0. The highest BCUT2D eigenvalue weighted by Crippen LogP contribution is 2.40. The highest BCUT2D eigenvalue weighted by molar-refractivity contribution is 5.97. The van der Waals surface area contributed by atoms with Gasteiger partial charge in [-0.05, 0) is 91.7 Å². The second-order valence-electron chi connectivity index (χ2n) is 11.8. The van der Waals surface area contributed by atoms with E-state index in [1.54, 1.807) is 0 Å². The Bertz CT molecular complexity index is 2280. The molecule has 0 saturated heterocycles. The molecule has 1 heteroatoms. The summed E-state index contributed by atoms with van der Waals surface area (Å²) in [6.45, 7) is 0. The molecular formula is C46H33N. The Balaban J connectivity index is 1.25. The molecule has 0 aromatic heterocycles. The highest BCUT2D eigenvalue weighted by Gasteiger charge is 2.16. The summed E-state index contributed by atoms with van der Waals surface area (Å²) in [5.74, 6) is 0. The molecule has 8 aromatic rings. The van der Waals surface area contributed by atoms with Crippen molar-refractivity contribution >= 4 is 27.8 Å². The fraction of sp³-hybridized carbons (Fsp3) is 0. The number of nitrogens with zero attached hydrogens (tertiary/aromatic N) is 1. The van der Waals surface area contributed by atoms with E-state index < -0.39 is 0 Å². The van der Waals surface area contributed by atoms with Crippen LogP contribution in [0.2, 0.25) is 0 Å². The summed E-state index contributed by atoms with van der Waals surface area (Å²) in [6.07, 6.45) is 0. The molecule has 8 aromatic carbocycles. The van der Waals surface area contributed by atoms with Gasteiger partial charge in [0.05, 0.1) is 0 Å². The van der Waals surface area contributed by atoms with Crippen LogP contribution in [0.25, 0.3) is 55.3 Å². The number of rotatable bonds is 7. The monoisotopic (exact) mass is 599 g/mol. The van der Waals surface area contributed by atoms with Crippen molar-refractivity contribution < 1.29 is 0 Å². The van der Waals surface area contributed by atoms with Gasteiger partial charge in [-0.2, -0.15) is 0 Å². The molecule has 0 spiro atoms. The van der Waals surface area contributed by atoms with E-state index >= 15 is 0 Å². The van der Waals surface area contributed by atoms with Gasteiger partial charge in [-0.3, -0.25) is 0 Å². The Labute approximate surface area is 276 Å². The van der Waals surface area contributed by atoms with Crippen LogP contribution in [-0.4, -0.2) is 0 Å². The van der Waals surface area contributed by atoms with Gasteiger partial charge in [0.15, 0.2) is 0 Å². The van der Waals surface area contributed by atoms with Gasteiger partial charge in [-0.25, -0.2) is 0 Å². The average Bonchev–Trinajstić information content (AvgIpc) is 3.16. The van der Waals surface area contributed by atoms with Crippen LogP contribution >= 0.6 is 0 Å². The molecule has 0 saturated carbocycles. The molecule has 0 bridgehead atoms. The van der Waals surface area contributed by atoms with Crippen LogP contribution in [0.3, 0.4) is 0 Å². The third-order valence-corrected chi connectivity index (χ3v) is 8.85. The minimum atomic E-state index is 1.11. The van der Waals surface area contributed by atoms with Crippen molar-refractivity contribution in [1.29, 1.82) is 0 Å². The number of anilines is 3. The first kappa shape index (κ1) is 28.3. The largest absolute Gasteiger partial charge is 0.310 e. The van der Waals surface area contributed by atoms with E-state index in [1.165, 1.54) is 55.3 Å². The normalized spacial score (nSPS) is 11.0. The molecule has 8 rings (SSSR count). The van der Waals surface area contributed by atoms with Gasteiger partial charge in [-0.15, -0.1) is 0 Å². The molecular weight excluding hydrogens is 567 g/mol. The Kier molecular flexibility index (Phi) is 7.63. The van der Waals surface area contributed by atoms with Crippen LogP contribution in [-0.2, 0) is 0 Å². The van der Waals surface area contributed by atoms with Crippen molar-refractivity contribution in [3.8, 4) is 44.5 Å². The summed E-state index contributed by atoms with van der Waals surface area (Å²) >= 11 is 0. The van der Waals surface area contributed by atoms with Crippen molar-refractivity contribution in [2.75, 3.05) is 4.90 Å². The van der Waals surface area contributed by atoms with Gasteiger partial charge in [0, 0.05) is 17.1 Å². The lowest BCUT2D eigenvalue weighted by Gasteiger charge is -2.27. The van der Waals surface area contributed by atoms with Gasteiger partial charge in [0.2, 0.25) is 0 Å². The summed E-state index contributed by atoms with van der Waals surface area (Å²) in [5.41, 5.74) is 12.9. The fourth-order valence-corrected chi connectivity index (χ4v) is 6.50. The molecule has 0 unspecified atom stereocenters. The number of fused-ring (bicyclic) bond motifs is 1. The Morgan fingerprint density at radius 2 is 0.638 bits per heavy atom. The van der Waals surface area contributed by atoms with E-state index in [0.717, 1.165) is 17.1 Å². The number of benzene rings is 8. The molecule has 0 amide bonds. The zero-order valence-electron chi connectivity index (χ0n) is 26.0. The van der Waals surface area contributed by atoms with Crippen LogP contribution < -0.4 is 4.90 Å². The van der Waals surface area contributed by atoms with Gasteiger partial charge in [-0.1, -0.05) is 164 Å². The molecule has 0 aliphatic rings. The van der Waals surface area contributed by atoms with E-state index in [2.05, 4.69) is 205 Å². The second-order valence-corrected chi connectivity index (χ2v) is 11.8. The van der Waals surface area contributed by atoms with E-state index in [-0.39, 0.29) is 0 Å². The molecule has 0 fully saturated rings. The highest BCUT2D eigenvalue weighted by atomic mass is 15.1. The summed E-state index contributed by atoms with van der Waals surface area (Å²) in [5, 5.41) is 2.50. The SMILES string of the molecule is c1ccc(-c2ccc(-c3cccc(N(c4cccc(-c5ccccc5)c4)c4cccc(-c5cccc6ccccc56)c4)c3)cc2)cc1. The second kappa shape index (κ2) is 12.7. The maximum Gasteiger partial charge on any atom is 0.0467 e. The maximum absolute atomic E-state index is 2.38. The molecule has 222 valence electrons. The Hall–Kier alpha value is -6.18. The van der Waals surface area contributed by atoms with E-state index in [0.29, 0.717) is 0 Å². The molecule has 0 heterocycles. The van der Waals surface area contributed by atoms with Gasteiger partial charge >= 0.3 is 0 Å². The first-order valence-corrected chi connectivity index (χ1v) is 16.1. The van der Waals surface area contributed by atoms with Crippen molar-refractivity contribution in [1.82, 2.24) is 0 Å². The number of hydrogen-bond acceptors (Lipinski definition) is 1. The average molecular weight is 600 g/mol. The summed E-state index contributed by atoms with van der Waals surface area (Å²) in [4.78, 5) is 2.38. The fourth-order valence-electron chi connectivity index (χ4n) is 6.50. The maximum atomic E-state index is 2.38. The zero-order chi connectivity index (χ0) is 31.4. The predicted octanol–water partition coefficient (Wildman–Crippen LogP) is 13.0. The van der Waals surface area contributed by atoms with E-state index in [1.807, 2.05) is 0 Å². The smallest absolute Gasteiger partial charge is 0.0467 e. The topological polar surface area (TPSA) is 3.24 Å². The molecule has 0 atom stereocenters. The van der Waals surface area contributed by atoms with Crippen molar-refractivity contribution in [2.24, 2.45) is 0 Å².